The van der Waals surface area contributed by atoms with Gasteiger partial charge in [-0.2, -0.15) is 9.78 Å². The molecule has 0 atom stereocenters. The highest BCUT2D eigenvalue weighted by Gasteiger charge is 2.20. The van der Waals surface area contributed by atoms with Crippen molar-refractivity contribution in [2.45, 2.75) is 12.1 Å². The Morgan fingerprint density at radius 1 is 1.10 bits per heavy atom. The molecule has 4 nitrogen and oxygen atoms in total. The lowest BCUT2D eigenvalue weighted by atomic mass is 10.1. The van der Waals surface area contributed by atoms with Gasteiger partial charge in [-0.05, 0) is 23.9 Å². The summed E-state index contributed by atoms with van der Waals surface area (Å²) in [7, 11) is 0. The fourth-order valence-electron chi connectivity index (χ4n) is 2.17. The summed E-state index contributed by atoms with van der Waals surface area (Å²) >= 11 is 3.33. The topological polar surface area (TPSA) is 43.1 Å². The molecule has 1 aliphatic rings. The number of fused-ring (bicyclic) bond motifs is 1. The van der Waals surface area contributed by atoms with E-state index >= 15 is 0 Å². The predicted molar refractivity (Wildman–Crippen MR) is 87.2 cm³/mol. The van der Waals surface area contributed by atoms with E-state index in [1.54, 1.807) is 23.1 Å². The predicted octanol–water partition coefficient (Wildman–Crippen LogP) is 3.67. The molecule has 1 aromatic carbocycles. The Bertz CT molecular complexity index is 801. The van der Waals surface area contributed by atoms with E-state index < -0.39 is 0 Å². The molecular weight excluding hydrogens is 300 g/mol. The van der Waals surface area contributed by atoms with Crippen LogP contribution in [0.4, 0.5) is 0 Å². The van der Waals surface area contributed by atoms with E-state index in [0.29, 0.717) is 0 Å². The van der Waals surface area contributed by atoms with Crippen LogP contribution < -0.4 is 0 Å². The Morgan fingerprint density at radius 3 is 2.71 bits per heavy atom. The molecule has 104 valence electrons. The van der Waals surface area contributed by atoms with Gasteiger partial charge in [-0.25, -0.2) is 0 Å². The summed E-state index contributed by atoms with van der Waals surface area (Å²) in [6, 6.07) is 12.5. The van der Waals surface area contributed by atoms with E-state index in [2.05, 4.69) is 41.4 Å². The second kappa shape index (κ2) is 5.13. The molecule has 4 rings (SSSR count). The summed E-state index contributed by atoms with van der Waals surface area (Å²) in [4.78, 5) is 1.09. The van der Waals surface area contributed by atoms with Crippen LogP contribution in [0.1, 0.15) is 11.1 Å². The molecule has 0 saturated carbocycles. The summed E-state index contributed by atoms with van der Waals surface area (Å²) in [6.07, 6.45) is 0. The van der Waals surface area contributed by atoms with Gasteiger partial charge in [-0.15, -0.1) is 21.5 Å². The van der Waals surface area contributed by atoms with Gasteiger partial charge in [0.1, 0.15) is 0 Å². The lowest BCUT2D eigenvalue weighted by Gasteiger charge is -2.13. The number of nitrogens with zero attached hydrogens (tertiary/aromatic N) is 4. The molecule has 2 aromatic heterocycles. The second-order valence-corrected chi connectivity index (χ2v) is 6.69. The van der Waals surface area contributed by atoms with Crippen LogP contribution in [0, 0.1) is 6.92 Å². The minimum absolute atomic E-state index is 0.816. The zero-order chi connectivity index (χ0) is 14.2. The molecule has 0 unspecified atom stereocenters. The summed E-state index contributed by atoms with van der Waals surface area (Å²) in [5, 5.41) is 16.2. The fourth-order valence-corrected chi connectivity index (χ4v) is 3.71. The summed E-state index contributed by atoms with van der Waals surface area (Å²) in [6.45, 7) is 2.09. The number of hydrogen-bond donors (Lipinski definition) is 0. The largest absolute Gasteiger partial charge is 0.212 e. The Hall–Kier alpha value is -1.92. The molecule has 6 heteroatoms. The zero-order valence-electron chi connectivity index (χ0n) is 11.4. The van der Waals surface area contributed by atoms with E-state index in [1.807, 2.05) is 22.2 Å². The number of benzene rings is 1. The molecule has 0 N–H and O–H groups in total. The standard InChI is InChI=1S/C15H12N4S2/c1-10-4-6-11(7-5-10)12-9-21-15-17-16-14(19(15)18-12)13-3-2-8-20-13/h2-8H,9H2,1H3. The first-order valence-electron chi connectivity index (χ1n) is 6.58. The molecule has 0 amide bonds. The molecule has 3 heterocycles. The normalized spacial score (nSPS) is 13.9. The van der Waals surface area contributed by atoms with Gasteiger partial charge in [0, 0.05) is 5.75 Å². The van der Waals surface area contributed by atoms with Gasteiger partial charge >= 0.3 is 0 Å². The number of thioether (sulfide) groups is 1. The fraction of sp³-hybridized carbons (Fsp3) is 0.133. The monoisotopic (exact) mass is 312 g/mol. The Balaban J connectivity index is 1.79. The van der Waals surface area contributed by atoms with E-state index in [0.717, 1.165) is 32.9 Å². The number of aromatic nitrogens is 3. The average Bonchev–Trinajstić information content (AvgIpc) is 3.16. The van der Waals surface area contributed by atoms with Crippen LogP contribution in [0.2, 0.25) is 0 Å². The van der Waals surface area contributed by atoms with Gasteiger partial charge in [0.05, 0.1) is 10.6 Å². The van der Waals surface area contributed by atoms with E-state index in [-0.39, 0.29) is 0 Å². The van der Waals surface area contributed by atoms with Crippen LogP contribution >= 0.6 is 23.1 Å². The molecule has 3 aromatic rings. The Kier molecular flexibility index (Phi) is 3.12. The second-order valence-electron chi connectivity index (χ2n) is 4.80. The summed E-state index contributed by atoms with van der Waals surface area (Å²) < 4.78 is 1.86. The highest BCUT2D eigenvalue weighted by molar-refractivity contribution is 7.99. The lowest BCUT2D eigenvalue weighted by Crippen LogP contribution is -2.13. The third kappa shape index (κ3) is 2.30. The highest BCUT2D eigenvalue weighted by atomic mass is 32.2. The molecule has 0 saturated heterocycles. The molecule has 0 radical (unpaired) electrons. The van der Waals surface area contributed by atoms with Gasteiger partial charge in [-0.3, -0.25) is 0 Å². The van der Waals surface area contributed by atoms with Gasteiger partial charge in [0.2, 0.25) is 5.16 Å². The molecule has 0 bridgehead atoms. The van der Waals surface area contributed by atoms with Gasteiger partial charge in [0.15, 0.2) is 5.82 Å². The van der Waals surface area contributed by atoms with Crippen LogP contribution in [0.5, 0.6) is 0 Å². The quantitative estimate of drug-likeness (QED) is 0.725. The zero-order valence-corrected chi connectivity index (χ0v) is 13.0. The maximum Gasteiger partial charge on any atom is 0.212 e. The van der Waals surface area contributed by atoms with Gasteiger partial charge < -0.3 is 0 Å². The van der Waals surface area contributed by atoms with Crippen molar-refractivity contribution in [3.05, 3.63) is 52.9 Å². The smallest absolute Gasteiger partial charge is 0.186 e. The molecule has 0 aliphatic carbocycles. The Labute approximate surface area is 130 Å². The van der Waals surface area contributed by atoms with E-state index in [9.17, 15) is 0 Å². The Morgan fingerprint density at radius 2 is 1.95 bits per heavy atom. The first-order chi connectivity index (χ1) is 10.3. The number of rotatable bonds is 2. The van der Waals surface area contributed by atoms with Gasteiger partial charge in [-0.1, -0.05) is 47.7 Å². The van der Waals surface area contributed by atoms with Crippen molar-refractivity contribution in [1.82, 2.24) is 14.9 Å². The maximum absolute atomic E-state index is 4.76. The minimum atomic E-state index is 0.816. The highest BCUT2D eigenvalue weighted by Crippen LogP contribution is 2.30. The first kappa shape index (κ1) is 12.8. The molecule has 0 fully saturated rings. The molecule has 1 aliphatic heterocycles. The van der Waals surface area contributed by atoms with Crippen molar-refractivity contribution < 1.29 is 0 Å². The van der Waals surface area contributed by atoms with Crippen LogP contribution in [-0.2, 0) is 0 Å². The summed E-state index contributed by atoms with van der Waals surface area (Å²) in [5.41, 5.74) is 3.47. The van der Waals surface area contributed by atoms with Crippen LogP contribution in [0.25, 0.3) is 10.7 Å². The average molecular weight is 312 g/mol. The molecule has 0 spiro atoms. The van der Waals surface area contributed by atoms with Crippen molar-refractivity contribution >= 4 is 28.8 Å². The van der Waals surface area contributed by atoms with Crippen molar-refractivity contribution in [3.63, 3.8) is 0 Å². The number of hydrogen-bond acceptors (Lipinski definition) is 5. The number of thiophene rings is 1. The van der Waals surface area contributed by atoms with E-state index in [4.69, 9.17) is 5.10 Å². The van der Waals surface area contributed by atoms with Crippen LogP contribution in [-0.4, -0.2) is 26.3 Å². The minimum Gasteiger partial charge on any atom is -0.186 e. The van der Waals surface area contributed by atoms with E-state index in [1.165, 1.54) is 5.56 Å². The lowest BCUT2D eigenvalue weighted by molar-refractivity contribution is 0.763. The number of aryl methyl sites for hydroxylation is 1. The van der Waals surface area contributed by atoms with Crippen molar-refractivity contribution in [3.8, 4) is 10.7 Å². The van der Waals surface area contributed by atoms with Crippen LogP contribution in [0.3, 0.4) is 0 Å². The first-order valence-corrected chi connectivity index (χ1v) is 8.45. The molecule has 21 heavy (non-hydrogen) atoms. The maximum atomic E-state index is 4.76. The van der Waals surface area contributed by atoms with Crippen molar-refractivity contribution in [2.75, 3.05) is 5.75 Å². The van der Waals surface area contributed by atoms with Crippen molar-refractivity contribution in [2.24, 2.45) is 5.10 Å². The van der Waals surface area contributed by atoms with Crippen LogP contribution in [0.15, 0.2) is 52.0 Å². The third-order valence-electron chi connectivity index (χ3n) is 3.30. The van der Waals surface area contributed by atoms with Crippen molar-refractivity contribution in [1.29, 1.82) is 0 Å². The van der Waals surface area contributed by atoms with Gasteiger partial charge in [0.25, 0.3) is 0 Å². The third-order valence-corrected chi connectivity index (χ3v) is 5.09. The SMILES string of the molecule is Cc1ccc(C2=Nn3c(nnc3-c3cccs3)SC2)cc1. The molecular formula is C15H12N4S2. The summed E-state index contributed by atoms with van der Waals surface area (Å²) in [5.74, 6) is 1.64.